The maximum Gasteiger partial charge on any atom is 0.206 e. The summed E-state index contributed by atoms with van der Waals surface area (Å²) in [5, 5.41) is 95.1. The van der Waals surface area contributed by atoms with Crippen LogP contribution in [-0.4, -0.2) is 148 Å². The van der Waals surface area contributed by atoms with Crippen molar-refractivity contribution >= 4 is 34.0 Å². The van der Waals surface area contributed by atoms with E-state index in [0.29, 0.717) is 97.9 Å². The quantitative estimate of drug-likeness (QED) is 0.0436. The van der Waals surface area contributed by atoms with Gasteiger partial charge in [0, 0.05) is 26.3 Å². The van der Waals surface area contributed by atoms with Crippen LogP contribution in [0.3, 0.4) is 0 Å². The zero-order valence-electron chi connectivity index (χ0n) is 37.7. The van der Waals surface area contributed by atoms with E-state index in [-0.39, 0.29) is 19.0 Å². The number of phenols is 1. The van der Waals surface area contributed by atoms with Crippen LogP contribution >= 0.6 is 0 Å². The summed E-state index contributed by atoms with van der Waals surface area (Å²) in [7, 11) is 0. The predicted octanol–water partition coefficient (Wildman–Crippen LogP) is 2.93. The monoisotopic (exact) mass is 946 g/mol. The number of aliphatic hydroxyl groups excluding tert-OH is 8. The van der Waals surface area contributed by atoms with Gasteiger partial charge in [-0.3, -0.25) is 9.13 Å². The Labute approximate surface area is 392 Å². The number of nitrogens with zero attached hydrogens (tertiary/aromatic N) is 4. The molecule has 8 atom stereocenters. The summed E-state index contributed by atoms with van der Waals surface area (Å²) < 4.78 is 32.1. The molecule has 2 aliphatic heterocycles. The maximum absolute atomic E-state index is 10.6. The highest BCUT2D eigenvalue weighted by atomic mass is 16.6. The fraction of sp³-hybridized carbons (Fsp3) is 0.458. The van der Waals surface area contributed by atoms with Crippen molar-refractivity contribution in [1.29, 1.82) is 0 Å². The Kier molecular flexibility index (Phi) is 17.7. The third-order valence-corrected chi connectivity index (χ3v) is 11.6. The number of aliphatic hydroxyl groups is 8. The van der Waals surface area contributed by atoms with Crippen LogP contribution in [0.25, 0.3) is 22.1 Å². The molecule has 2 saturated heterocycles. The number of hydrogen-bond donors (Lipinski definition) is 11. The van der Waals surface area contributed by atoms with Crippen molar-refractivity contribution in [3.05, 3.63) is 96.1 Å². The Hall–Kier alpha value is -5.78. The van der Waals surface area contributed by atoms with Gasteiger partial charge in [0.1, 0.15) is 36.6 Å². The molecule has 0 bridgehead atoms. The standard InChI is InChI=1S/C25H33N3O7.C23H29N3O7/c1-2-33-19-10-9-16(13-20(19)34-12-6-5-11-29)14-26-25-27-17-7-3-4-8-18(17)28(25)24-23(32)22(31)21(15-30)35-24;27-9-3-4-10-32-18-11-14(7-8-17(18)29)12-24-23-25-15-5-1-2-6-16(15)26(23)22-21(31)20(30)19(13-28)33-22/h3-4,7-10,13,21-24,29-32H,2,5-6,11-12,14-15H2,1H3,(H,26,27);1-2,5-8,11,19-22,27-31H,3-4,9-10,12-13H2,(H,24,25)/t21-,22-,23-,24-;19-,20-,21-,22-/m11/s1. The van der Waals surface area contributed by atoms with Crippen molar-refractivity contribution in [2.45, 2.75) is 94.8 Å². The Bertz CT molecular complexity index is 2520. The number of anilines is 2. The number of rotatable bonds is 22. The normalized spacial score (nSPS) is 22.3. The lowest BCUT2D eigenvalue weighted by molar-refractivity contribution is -0.0499. The molecular formula is C48H62N6O14. The van der Waals surface area contributed by atoms with E-state index >= 15 is 0 Å². The predicted molar refractivity (Wildman–Crippen MR) is 249 cm³/mol. The molecule has 0 unspecified atom stereocenters. The molecule has 4 aromatic carbocycles. The molecule has 8 rings (SSSR count). The van der Waals surface area contributed by atoms with Crippen LogP contribution in [0.1, 0.15) is 56.2 Å². The van der Waals surface area contributed by atoms with Crippen LogP contribution in [-0.2, 0) is 22.6 Å². The lowest BCUT2D eigenvalue weighted by Crippen LogP contribution is -2.33. The van der Waals surface area contributed by atoms with Crippen molar-refractivity contribution < 1.29 is 69.6 Å². The zero-order valence-corrected chi connectivity index (χ0v) is 37.7. The van der Waals surface area contributed by atoms with Crippen LogP contribution in [0.15, 0.2) is 84.9 Å². The largest absolute Gasteiger partial charge is 0.504 e. The third kappa shape index (κ3) is 11.6. The average Bonchev–Trinajstić information content (AvgIpc) is 4.08. The molecule has 0 amide bonds. The SMILES string of the molecule is CCOc1ccc(CNc2nc3ccccc3n2[C@@H]2O[C@H](CO)[C@@H](O)[C@H]2O)cc1OCCCCO.OCCCCOc1cc(CNc2nc3ccccc3n2[C@@H]2O[C@H](CO)[C@@H](O)[C@H]2O)ccc1O. The second-order valence-electron chi connectivity index (χ2n) is 16.3. The van der Waals surface area contributed by atoms with Crippen molar-refractivity contribution in [2.24, 2.45) is 0 Å². The number of benzene rings is 4. The highest BCUT2D eigenvalue weighted by molar-refractivity contribution is 5.79. The van der Waals surface area contributed by atoms with Gasteiger partial charge in [-0.1, -0.05) is 36.4 Å². The number of para-hydroxylation sites is 4. The molecule has 4 heterocycles. The molecule has 0 spiro atoms. The first-order valence-electron chi connectivity index (χ1n) is 22.8. The number of ether oxygens (including phenoxy) is 5. The van der Waals surface area contributed by atoms with Gasteiger partial charge in [0.15, 0.2) is 35.5 Å². The van der Waals surface area contributed by atoms with Gasteiger partial charge in [-0.05, 0) is 92.3 Å². The number of aromatic hydroxyl groups is 1. The van der Waals surface area contributed by atoms with Crippen molar-refractivity contribution in [2.75, 3.05) is 56.9 Å². The van der Waals surface area contributed by atoms with E-state index in [1.807, 2.05) is 73.7 Å². The zero-order chi connectivity index (χ0) is 48.2. The van der Waals surface area contributed by atoms with Crippen molar-refractivity contribution in [1.82, 2.24) is 19.1 Å². The Balaban J connectivity index is 0.000000202. The molecule has 2 aromatic heterocycles. The van der Waals surface area contributed by atoms with E-state index in [1.165, 1.54) is 0 Å². The van der Waals surface area contributed by atoms with Gasteiger partial charge in [0.25, 0.3) is 0 Å². The van der Waals surface area contributed by atoms with Crippen LogP contribution in [0.4, 0.5) is 11.9 Å². The number of nitrogens with one attached hydrogen (secondary N) is 2. The van der Waals surface area contributed by atoms with Crippen LogP contribution in [0.5, 0.6) is 23.0 Å². The molecule has 368 valence electrons. The molecule has 11 N–H and O–H groups in total. The number of hydrogen-bond acceptors (Lipinski definition) is 18. The van der Waals surface area contributed by atoms with E-state index in [4.69, 9.17) is 33.9 Å². The Morgan fingerprint density at radius 3 is 1.50 bits per heavy atom. The van der Waals surface area contributed by atoms with Crippen LogP contribution < -0.4 is 24.8 Å². The molecule has 20 heteroatoms. The number of aromatic nitrogens is 4. The maximum atomic E-state index is 10.6. The van der Waals surface area contributed by atoms with Gasteiger partial charge < -0.3 is 80.3 Å². The Morgan fingerprint density at radius 1 is 0.559 bits per heavy atom. The summed E-state index contributed by atoms with van der Waals surface area (Å²) in [6.45, 7) is 3.41. The molecule has 2 fully saturated rings. The molecule has 0 radical (unpaired) electrons. The van der Waals surface area contributed by atoms with E-state index in [1.54, 1.807) is 27.3 Å². The number of imidazole rings is 2. The summed E-state index contributed by atoms with van der Waals surface area (Å²) in [5.41, 5.74) is 4.55. The van der Waals surface area contributed by atoms with Crippen LogP contribution in [0, 0.1) is 0 Å². The first-order valence-corrected chi connectivity index (χ1v) is 22.8. The Morgan fingerprint density at radius 2 is 1.03 bits per heavy atom. The number of phenolic OH excluding ortho intramolecular Hbond substituents is 1. The summed E-state index contributed by atoms with van der Waals surface area (Å²) in [5.74, 6) is 2.54. The van der Waals surface area contributed by atoms with Crippen LogP contribution in [0.2, 0.25) is 0 Å². The van der Waals surface area contributed by atoms with Gasteiger partial charge >= 0.3 is 0 Å². The third-order valence-electron chi connectivity index (χ3n) is 11.6. The van der Waals surface area contributed by atoms with Gasteiger partial charge in [0.05, 0.1) is 55.1 Å². The minimum absolute atomic E-state index is 0.0292. The topological polar surface area (TPSA) is 288 Å². The van der Waals surface area contributed by atoms with E-state index in [9.17, 15) is 35.7 Å². The highest BCUT2D eigenvalue weighted by Gasteiger charge is 2.46. The molecule has 0 saturated carbocycles. The molecule has 68 heavy (non-hydrogen) atoms. The first kappa shape index (κ1) is 50.1. The minimum atomic E-state index is -1.24. The lowest BCUT2D eigenvalue weighted by Gasteiger charge is -2.20. The fourth-order valence-corrected chi connectivity index (χ4v) is 8.03. The van der Waals surface area contributed by atoms with Gasteiger partial charge in [-0.25, -0.2) is 9.97 Å². The molecule has 0 aliphatic carbocycles. The summed E-state index contributed by atoms with van der Waals surface area (Å²) >= 11 is 0. The number of fused-ring (bicyclic) bond motifs is 2. The first-order chi connectivity index (χ1) is 33.1. The fourth-order valence-electron chi connectivity index (χ4n) is 8.03. The van der Waals surface area contributed by atoms with Gasteiger partial charge in [-0.15, -0.1) is 0 Å². The van der Waals surface area contributed by atoms with Crippen molar-refractivity contribution in [3.8, 4) is 23.0 Å². The highest BCUT2D eigenvalue weighted by Crippen LogP contribution is 2.37. The van der Waals surface area contributed by atoms with E-state index in [2.05, 4.69) is 20.6 Å². The van der Waals surface area contributed by atoms with Crippen molar-refractivity contribution in [3.63, 3.8) is 0 Å². The van der Waals surface area contributed by atoms with Gasteiger partial charge in [0.2, 0.25) is 11.9 Å². The average molecular weight is 947 g/mol. The van der Waals surface area contributed by atoms with Gasteiger partial charge in [-0.2, -0.15) is 0 Å². The summed E-state index contributed by atoms with van der Waals surface area (Å²) in [6, 6.07) is 25.5. The van der Waals surface area contributed by atoms with E-state index < -0.39 is 62.3 Å². The smallest absolute Gasteiger partial charge is 0.206 e. The molecule has 20 nitrogen and oxygen atoms in total. The minimum Gasteiger partial charge on any atom is -0.504 e. The molecule has 6 aromatic rings. The summed E-state index contributed by atoms with van der Waals surface area (Å²) in [4.78, 5) is 9.26. The lowest BCUT2D eigenvalue weighted by atomic mass is 10.1. The second kappa shape index (κ2) is 24.0. The van der Waals surface area contributed by atoms with E-state index in [0.717, 1.165) is 23.1 Å². The summed E-state index contributed by atoms with van der Waals surface area (Å²) in [6.07, 6.45) is -5.84. The molecular weight excluding hydrogens is 885 g/mol. The number of unbranched alkanes of at least 4 members (excludes halogenated alkanes) is 2. The second-order valence-corrected chi connectivity index (χ2v) is 16.3. The molecule has 2 aliphatic rings.